The molecule has 0 atom stereocenters. The maximum absolute atomic E-state index is 4.51. The van der Waals surface area contributed by atoms with Gasteiger partial charge in [0.15, 0.2) is 0 Å². The maximum atomic E-state index is 4.51. The minimum atomic E-state index is 0.103. The summed E-state index contributed by atoms with van der Waals surface area (Å²) < 4.78 is 0. The number of fused-ring (bicyclic) bond motifs is 1. The number of hydrogen-bond donors (Lipinski definition) is 1. The first-order valence-corrected chi connectivity index (χ1v) is 4.38. The van der Waals surface area contributed by atoms with E-state index in [4.69, 9.17) is 0 Å². The molecule has 2 aromatic rings. The van der Waals surface area contributed by atoms with Gasteiger partial charge in [-0.15, -0.1) is 0 Å². The number of pyridine rings is 1. The van der Waals surface area contributed by atoms with Crippen molar-refractivity contribution in [3.63, 3.8) is 0 Å². The summed E-state index contributed by atoms with van der Waals surface area (Å²) in [5, 5.41) is 6.82. The molecular weight excluding hydrogens is 162 g/mol. The van der Waals surface area contributed by atoms with Gasteiger partial charge in [-0.05, 0) is 12.1 Å². The van der Waals surface area contributed by atoms with Crippen LogP contribution in [0.1, 0.15) is 26.5 Å². The summed E-state index contributed by atoms with van der Waals surface area (Å²) in [6, 6.07) is 4.07. The SMILES string of the molecule is CC(C)(C)c1ccc2[nH]ncc2n1. The Hall–Kier alpha value is -1.38. The fourth-order valence-corrected chi connectivity index (χ4v) is 1.25. The average molecular weight is 175 g/mol. The Morgan fingerprint density at radius 1 is 1.23 bits per heavy atom. The van der Waals surface area contributed by atoms with Crippen molar-refractivity contribution >= 4 is 11.0 Å². The van der Waals surface area contributed by atoms with Crippen molar-refractivity contribution in [1.29, 1.82) is 0 Å². The number of hydrogen-bond acceptors (Lipinski definition) is 2. The van der Waals surface area contributed by atoms with Gasteiger partial charge in [0, 0.05) is 11.1 Å². The number of rotatable bonds is 0. The molecule has 0 amide bonds. The number of nitrogens with zero attached hydrogens (tertiary/aromatic N) is 2. The van der Waals surface area contributed by atoms with E-state index in [0.29, 0.717) is 0 Å². The highest BCUT2D eigenvalue weighted by Gasteiger charge is 2.15. The van der Waals surface area contributed by atoms with Gasteiger partial charge in [0.2, 0.25) is 0 Å². The second-order valence-corrected chi connectivity index (χ2v) is 4.25. The van der Waals surface area contributed by atoms with Crippen LogP contribution in [0, 0.1) is 0 Å². The van der Waals surface area contributed by atoms with E-state index in [-0.39, 0.29) is 5.41 Å². The van der Waals surface area contributed by atoms with Crippen molar-refractivity contribution in [2.75, 3.05) is 0 Å². The van der Waals surface area contributed by atoms with E-state index in [1.165, 1.54) is 0 Å². The number of aromatic amines is 1. The molecule has 0 spiro atoms. The lowest BCUT2D eigenvalue weighted by molar-refractivity contribution is 0.571. The van der Waals surface area contributed by atoms with Crippen LogP contribution >= 0.6 is 0 Å². The highest BCUT2D eigenvalue weighted by atomic mass is 15.1. The van der Waals surface area contributed by atoms with E-state index in [9.17, 15) is 0 Å². The molecule has 0 aliphatic heterocycles. The summed E-state index contributed by atoms with van der Waals surface area (Å²) in [5.41, 5.74) is 3.13. The monoisotopic (exact) mass is 175 g/mol. The fraction of sp³-hybridized carbons (Fsp3) is 0.400. The van der Waals surface area contributed by atoms with Crippen LogP contribution in [0.25, 0.3) is 11.0 Å². The van der Waals surface area contributed by atoms with Gasteiger partial charge in [-0.2, -0.15) is 5.10 Å². The molecule has 0 aliphatic carbocycles. The molecule has 0 saturated carbocycles. The summed E-state index contributed by atoms with van der Waals surface area (Å²) in [5.74, 6) is 0. The minimum absolute atomic E-state index is 0.103. The predicted molar refractivity (Wildman–Crippen MR) is 52.6 cm³/mol. The molecule has 3 nitrogen and oxygen atoms in total. The molecule has 2 rings (SSSR count). The van der Waals surface area contributed by atoms with Crippen LogP contribution in [0.15, 0.2) is 18.3 Å². The van der Waals surface area contributed by atoms with Crippen molar-refractivity contribution in [3.8, 4) is 0 Å². The number of H-pyrrole nitrogens is 1. The molecule has 2 heterocycles. The third kappa shape index (κ3) is 1.41. The summed E-state index contributed by atoms with van der Waals surface area (Å²) in [4.78, 5) is 4.51. The van der Waals surface area contributed by atoms with Crippen LogP contribution in [0.3, 0.4) is 0 Å². The van der Waals surface area contributed by atoms with Crippen LogP contribution in [-0.4, -0.2) is 15.2 Å². The van der Waals surface area contributed by atoms with Crippen molar-refractivity contribution in [2.24, 2.45) is 0 Å². The minimum Gasteiger partial charge on any atom is -0.276 e. The molecule has 0 radical (unpaired) electrons. The first kappa shape index (κ1) is 8.23. The zero-order chi connectivity index (χ0) is 9.47. The first-order valence-electron chi connectivity index (χ1n) is 4.38. The molecule has 68 valence electrons. The lowest BCUT2D eigenvalue weighted by atomic mass is 9.91. The van der Waals surface area contributed by atoms with Gasteiger partial charge in [0.05, 0.1) is 11.7 Å². The van der Waals surface area contributed by atoms with Gasteiger partial charge < -0.3 is 0 Å². The van der Waals surface area contributed by atoms with Crippen LogP contribution in [0.5, 0.6) is 0 Å². The quantitative estimate of drug-likeness (QED) is 0.667. The maximum Gasteiger partial charge on any atom is 0.108 e. The van der Waals surface area contributed by atoms with Gasteiger partial charge in [-0.25, -0.2) is 4.98 Å². The van der Waals surface area contributed by atoms with Crippen molar-refractivity contribution < 1.29 is 0 Å². The van der Waals surface area contributed by atoms with E-state index in [2.05, 4.69) is 36.0 Å². The molecule has 0 saturated heterocycles. The molecule has 1 N–H and O–H groups in total. The summed E-state index contributed by atoms with van der Waals surface area (Å²) in [6.07, 6.45) is 1.75. The van der Waals surface area contributed by atoms with Gasteiger partial charge in [0.25, 0.3) is 0 Å². The van der Waals surface area contributed by atoms with Crippen LogP contribution in [0.2, 0.25) is 0 Å². The van der Waals surface area contributed by atoms with Crippen LogP contribution < -0.4 is 0 Å². The Balaban J connectivity index is 2.61. The Labute approximate surface area is 77.2 Å². The third-order valence-electron chi connectivity index (χ3n) is 2.06. The van der Waals surface area contributed by atoms with Crippen molar-refractivity contribution in [1.82, 2.24) is 15.2 Å². The van der Waals surface area contributed by atoms with Gasteiger partial charge in [-0.3, -0.25) is 5.10 Å². The zero-order valence-electron chi connectivity index (χ0n) is 8.13. The van der Waals surface area contributed by atoms with Gasteiger partial charge in [0.1, 0.15) is 5.52 Å². The lowest BCUT2D eigenvalue weighted by Crippen LogP contribution is -2.12. The molecule has 13 heavy (non-hydrogen) atoms. The van der Waals surface area contributed by atoms with Crippen LogP contribution in [-0.2, 0) is 5.41 Å². The van der Waals surface area contributed by atoms with Crippen molar-refractivity contribution in [3.05, 3.63) is 24.0 Å². The predicted octanol–water partition coefficient (Wildman–Crippen LogP) is 2.26. The summed E-state index contributed by atoms with van der Waals surface area (Å²) in [6.45, 7) is 6.46. The first-order chi connectivity index (χ1) is 6.07. The Morgan fingerprint density at radius 3 is 2.69 bits per heavy atom. The molecular formula is C10H13N3. The Morgan fingerprint density at radius 2 is 2.00 bits per heavy atom. The molecule has 0 unspecified atom stereocenters. The molecule has 2 aromatic heterocycles. The smallest absolute Gasteiger partial charge is 0.108 e. The highest BCUT2D eigenvalue weighted by molar-refractivity contribution is 5.73. The highest BCUT2D eigenvalue weighted by Crippen LogP contribution is 2.21. The van der Waals surface area contributed by atoms with E-state index in [0.717, 1.165) is 16.7 Å². The van der Waals surface area contributed by atoms with E-state index < -0.39 is 0 Å². The normalized spacial score (nSPS) is 12.2. The second-order valence-electron chi connectivity index (χ2n) is 4.25. The fourth-order valence-electron chi connectivity index (χ4n) is 1.25. The zero-order valence-corrected chi connectivity index (χ0v) is 8.13. The summed E-state index contributed by atoms with van der Waals surface area (Å²) >= 11 is 0. The Kier molecular flexibility index (Phi) is 1.62. The molecule has 0 aliphatic rings. The standard InChI is InChI=1S/C10H13N3/c1-10(2,3)9-5-4-7-8(12-9)6-11-13-7/h4-6H,1-3H3,(H,11,13). The molecule has 0 fully saturated rings. The van der Waals surface area contributed by atoms with E-state index in [1.807, 2.05) is 12.1 Å². The third-order valence-corrected chi connectivity index (χ3v) is 2.06. The lowest BCUT2D eigenvalue weighted by Gasteiger charge is -2.16. The largest absolute Gasteiger partial charge is 0.276 e. The van der Waals surface area contributed by atoms with Crippen molar-refractivity contribution in [2.45, 2.75) is 26.2 Å². The van der Waals surface area contributed by atoms with Gasteiger partial charge >= 0.3 is 0 Å². The number of nitrogens with one attached hydrogen (secondary N) is 1. The van der Waals surface area contributed by atoms with E-state index in [1.54, 1.807) is 6.20 Å². The molecule has 3 heteroatoms. The molecule has 0 bridgehead atoms. The topological polar surface area (TPSA) is 41.6 Å². The average Bonchev–Trinajstić information content (AvgIpc) is 2.47. The van der Waals surface area contributed by atoms with Gasteiger partial charge in [-0.1, -0.05) is 20.8 Å². The van der Waals surface area contributed by atoms with E-state index >= 15 is 0 Å². The Bertz CT molecular complexity index is 423. The molecule has 0 aromatic carbocycles. The number of aromatic nitrogens is 3. The van der Waals surface area contributed by atoms with Crippen LogP contribution in [0.4, 0.5) is 0 Å². The second kappa shape index (κ2) is 2.55. The summed E-state index contributed by atoms with van der Waals surface area (Å²) in [7, 11) is 0.